The summed E-state index contributed by atoms with van der Waals surface area (Å²) in [4.78, 5) is 11.7. The quantitative estimate of drug-likeness (QED) is 0.513. The Kier molecular flexibility index (Phi) is 3.96. The van der Waals surface area contributed by atoms with Crippen molar-refractivity contribution in [2.45, 2.75) is 12.8 Å². The van der Waals surface area contributed by atoms with Crippen molar-refractivity contribution >= 4 is 16.9 Å². The Morgan fingerprint density at radius 3 is 2.70 bits per heavy atom. The number of nitrogens with one attached hydrogen (secondary N) is 1. The van der Waals surface area contributed by atoms with E-state index in [0.717, 1.165) is 0 Å². The van der Waals surface area contributed by atoms with Gasteiger partial charge in [-0.1, -0.05) is 18.2 Å². The fourth-order valence-electron chi connectivity index (χ4n) is 1.78. The molecule has 8 heteroatoms. The van der Waals surface area contributed by atoms with Gasteiger partial charge in [-0.3, -0.25) is 10.2 Å². The van der Waals surface area contributed by atoms with Crippen molar-refractivity contribution in [3.05, 3.63) is 35.6 Å². The summed E-state index contributed by atoms with van der Waals surface area (Å²) in [5.41, 5.74) is 2.38. The van der Waals surface area contributed by atoms with Gasteiger partial charge in [-0.2, -0.15) is 13.2 Å². The molecule has 0 saturated heterocycles. The largest absolute Gasteiger partial charge is 0.458 e. The summed E-state index contributed by atoms with van der Waals surface area (Å²) in [6, 6.07) is 6.55. The fraction of sp³-hybridized carbons (Fsp3) is 0.250. The van der Waals surface area contributed by atoms with Crippen LogP contribution in [0.1, 0.15) is 16.1 Å². The van der Waals surface area contributed by atoms with Crippen molar-refractivity contribution in [1.29, 1.82) is 0 Å². The summed E-state index contributed by atoms with van der Waals surface area (Å²) >= 11 is 0. The summed E-state index contributed by atoms with van der Waals surface area (Å²) < 4.78 is 45.9. The third kappa shape index (κ3) is 3.09. The first-order chi connectivity index (χ1) is 9.42. The number of rotatable bonds is 4. The number of nitrogen functional groups attached to an aromatic ring is 1. The van der Waals surface area contributed by atoms with Gasteiger partial charge in [-0.15, -0.1) is 0 Å². The molecule has 20 heavy (non-hydrogen) atoms. The Morgan fingerprint density at radius 2 is 2.05 bits per heavy atom. The molecule has 1 aromatic heterocycles. The molecule has 1 heterocycles. The van der Waals surface area contributed by atoms with E-state index in [0.29, 0.717) is 11.0 Å². The van der Waals surface area contributed by atoms with E-state index in [1.165, 1.54) is 0 Å². The Morgan fingerprint density at radius 1 is 1.35 bits per heavy atom. The van der Waals surface area contributed by atoms with Crippen molar-refractivity contribution < 1.29 is 27.1 Å². The summed E-state index contributed by atoms with van der Waals surface area (Å²) in [5, 5.41) is 0.459. The second-order valence-corrected chi connectivity index (χ2v) is 3.98. The minimum absolute atomic E-state index is 0.00148. The summed E-state index contributed by atoms with van der Waals surface area (Å²) in [6.45, 7) is -1.90. The van der Waals surface area contributed by atoms with E-state index in [1.807, 2.05) is 5.43 Å². The maximum Gasteiger partial charge on any atom is 0.411 e. The van der Waals surface area contributed by atoms with Crippen LogP contribution in [-0.2, 0) is 11.3 Å². The van der Waals surface area contributed by atoms with Gasteiger partial charge in [-0.05, 0) is 6.07 Å². The predicted octanol–water partition coefficient (Wildman–Crippen LogP) is 2.12. The lowest BCUT2D eigenvalue weighted by atomic mass is 10.1. The molecule has 3 N–H and O–H groups in total. The number of amides is 1. The average Bonchev–Trinajstić information content (AvgIpc) is 2.74. The predicted molar refractivity (Wildman–Crippen MR) is 63.6 cm³/mol. The maximum atomic E-state index is 12.0. The third-order valence-electron chi connectivity index (χ3n) is 2.53. The number of hydrogen-bond donors (Lipinski definition) is 2. The zero-order chi connectivity index (χ0) is 14.8. The zero-order valence-corrected chi connectivity index (χ0v) is 10.2. The zero-order valence-electron chi connectivity index (χ0n) is 10.2. The number of hydrazine groups is 1. The molecule has 1 amide bonds. The van der Waals surface area contributed by atoms with Crippen LogP contribution in [0.15, 0.2) is 28.7 Å². The number of ether oxygens (including phenoxy) is 1. The van der Waals surface area contributed by atoms with Crippen LogP contribution in [0, 0.1) is 0 Å². The molecule has 5 nitrogen and oxygen atoms in total. The van der Waals surface area contributed by atoms with Crippen molar-refractivity contribution in [2.75, 3.05) is 6.61 Å². The van der Waals surface area contributed by atoms with Crippen LogP contribution in [0.3, 0.4) is 0 Å². The van der Waals surface area contributed by atoms with E-state index in [2.05, 4.69) is 4.74 Å². The van der Waals surface area contributed by atoms with Gasteiger partial charge in [0, 0.05) is 5.39 Å². The molecule has 2 rings (SSSR count). The maximum absolute atomic E-state index is 12.0. The first kappa shape index (κ1) is 14.4. The second-order valence-electron chi connectivity index (χ2n) is 3.98. The molecule has 0 spiro atoms. The fourth-order valence-corrected chi connectivity index (χ4v) is 1.78. The SMILES string of the molecule is NNC(=O)c1c(COCC(F)(F)F)oc2ccccc12. The van der Waals surface area contributed by atoms with Crippen LogP contribution in [0.2, 0.25) is 0 Å². The molecule has 108 valence electrons. The van der Waals surface area contributed by atoms with Gasteiger partial charge < -0.3 is 9.15 Å². The number of alkyl halides is 3. The van der Waals surface area contributed by atoms with E-state index < -0.39 is 25.3 Å². The number of halogens is 3. The summed E-state index contributed by atoms with van der Waals surface area (Å²) in [6.07, 6.45) is -4.44. The van der Waals surface area contributed by atoms with Crippen molar-refractivity contribution in [3.8, 4) is 0 Å². The Labute approximate surface area is 111 Å². The Balaban J connectivity index is 2.29. The second kappa shape index (κ2) is 5.51. The van der Waals surface area contributed by atoms with E-state index in [1.54, 1.807) is 24.3 Å². The standard InChI is InChI=1S/C12H11F3N2O3/c13-12(14,15)6-19-5-9-10(11(18)17-16)7-3-1-2-4-8(7)20-9/h1-4H,5-6,16H2,(H,17,18). The molecule has 0 aliphatic heterocycles. The van der Waals surface area contributed by atoms with Gasteiger partial charge in [-0.25, -0.2) is 5.84 Å². The van der Waals surface area contributed by atoms with Gasteiger partial charge >= 0.3 is 6.18 Å². The highest BCUT2D eigenvalue weighted by Gasteiger charge is 2.28. The van der Waals surface area contributed by atoms with Crippen molar-refractivity contribution in [3.63, 3.8) is 0 Å². The monoisotopic (exact) mass is 288 g/mol. The smallest absolute Gasteiger partial charge is 0.411 e. The minimum atomic E-state index is -4.44. The van der Waals surface area contributed by atoms with Crippen LogP contribution < -0.4 is 11.3 Å². The topological polar surface area (TPSA) is 77.5 Å². The van der Waals surface area contributed by atoms with E-state index >= 15 is 0 Å². The summed E-state index contributed by atoms with van der Waals surface area (Å²) in [5.74, 6) is 4.41. The molecule has 0 saturated carbocycles. The average molecular weight is 288 g/mol. The van der Waals surface area contributed by atoms with E-state index in [9.17, 15) is 18.0 Å². The lowest BCUT2D eigenvalue weighted by Gasteiger charge is -2.07. The summed E-state index contributed by atoms with van der Waals surface area (Å²) in [7, 11) is 0. The highest BCUT2D eigenvalue weighted by Crippen LogP contribution is 2.27. The number of para-hydroxylation sites is 1. The van der Waals surface area contributed by atoms with E-state index in [4.69, 9.17) is 10.3 Å². The van der Waals surface area contributed by atoms with Crippen molar-refractivity contribution in [2.24, 2.45) is 5.84 Å². The van der Waals surface area contributed by atoms with Gasteiger partial charge in [0.05, 0.1) is 5.56 Å². The molecule has 2 aromatic rings. The number of benzene rings is 1. The lowest BCUT2D eigenvalue weighted by molar-refractivity contribution is -0.177. The number of hydrogen-bond acceptors (Lipinski definition) is 4. The number of fused-ring (bicyclic) bond motifs is 1. The van der Waals surface area contributed by atoms with Crippen LogP contribution in [-0.4, -0.2) is 18.7 Å². The molecule has 0 unspecified atom stereocenters. The number of carbonyl (C=O) groups excluding carboxylic acids is 1. The van der Waals surface area contributed by atoms with Crippen LogP contribution in [0.5, 0.6) is 0 Å². The number of carbonyl (C=O) groups is 1. The molecule has 1 aromatic carbocycles. The van der Waals surface area contributed by atoms with Gasteiger partial charge in [0.25, 0.3) is 5.91 Å². The Hall–Kier alpha value is -2.06. The molecular formula is C12H11F3N2O3. The lowest BCUT2D eigenvalue weighted by Crippen LogP contribution is -2.30. The molecule has 0 fully saturated rings. The van der Waals surface area contributed by atoms with Crippen molar-refractivity contribution in [1.82, 2.24) is 5.43 Å². The molecule has 0 bridgehead atoms. The van der Waals surface area contributed by atoms with Gasteiger partial charge in [0.1, 0.15) is 24.6 Å². The molecule has 0 atom stereocenters. The highest BCUT2D eigenvalue weighted by molar-refractivity contribution is 6.06. The van der Waals surface area contributed by atoms with Gasteiger partial charge in [0.2, 0.25) is 0 Å². The molecule has 0 aliphatic carbocycles. The molecular weight excluding hydrogens is 277 g/mol. The molecule has 0 radical (unpaired) electrons. The normalized spacial score (nSPS) is 11.8. The van der Waals surface area contributed by atoms with Crippen LogP contribution in [0.25, 0.3) is 11.0 Å². The van der Waals surface area contributed by atoms with Gasteiger partial charge in [0.15, 0.2) is 0 Å². The minimum Gasteiger partial charge on any atom is -0.458 e. The Bertz CT molecular complexity index is 622. The number of furan rings is 1. The van der Waals surface area contributed by atoms with Crippen LogP contribution in [0.4, 0.5) is 13.2 Å². The highest BCUT2D eigenvalue weighted by atomic mass is 19.4. The van der Waals surface area contributed by atoms with E-state index in [-0.39, 0.29) is 11.3 Å². The molecule has 0 aliphatic rings. The number of nitrogens with two attached hydrogens (primary N) is 1. The first-order valence-electron chi connectivity index (χ1n) is 5.58. The van der Waals surface area contributed by atoms with Crippen LogP contribution >= 0.6 is 0 Å². The third-order valence-corrected chi connectivity index (χ3v) is 2.53. The first-order valence-corrected chi connectivity index (χ1v) is 5.58.